The van der Waals surface area contributed by atoms with Crippen LogP contribution in [0, 0.1) is 19.7 Å². The van der Waals surface area contributed by atoms with Crippen LogP contribution in [0.3, 0.4) is 0 Å². The van der Waals surface area contributed by atoms with Crippen LogP contribution in [-0.2, 0) is 29.0 Å². The van der Waals surface area contributed by atoms with Crippen LogP contribution in [0.5, 0.6) is 0 Å². The Hall–Kier alpha value is -3.47. The van der Waals surface area contributed by atoms with Crippen LogP contribution < -0.4 is 5.32 Å². The number of halogens is 1. The molecule has 5 heteroatoms. The Balaban J connectivity index is 1.67. The van der Waals surface area contributed by atoms with Gasteiger partial charge in [0.05, 0.1) is 6.42 Å². The van der Waals surface area contributed by atoms with E-state index in [-0.39, 0.29) is 36.6 Å². The molecule has 0 unspecified atom stereocenters. The van der Waals surface area contributed by atoms with Gasteiger partial charge in [-0.1, -0.05) is 79.1 Å². The molecule has 0 bridgehead atoms. The second-order valence-corrected chi connectivity index (χ2v) is 9.95. The van der Waals surface area contributed by atoms with E-state index in [9.17, 15) is 14.0 Å². The van der Waals surface area contributed by atoms with E-state index in [0.29, 0.717) is 6.42 Å². The second kappa shape index (κ2) is 12.0. The lowest BCUT2D eigenvalue weighted by atomic mass is 9.99. The minimum absolute atomic E-state index is 0.115. The van der Waals surface area contributed by atoms with Gasteiger partial charge in [0, 0.05) is 19.0 Å². The number of carbonyl (C=O) groups is 2. The SMILES string of the molecule is Cc1ccc(C)c(CC(=O)N(Cc2ccc(F)cc2)[C@H](Cc2ccccc2)C(=O)NC2CCCC2)c1. The average Bonchev–Trinajstić information content (AvgIpc) is 3.38. The number of amides is 2. The molecule has 1 atom stereocenters. The Morgan fingerprint density at radius 1 is 0.944 bits per heavy atom. The summed E-state index contributed by atoms with van der Waals surface area (Å²) in [6, 6.07) is 21.5. The van der Waals surface area contributed by atoms with Crippen molar-refractivity contribution in [3.63, 3.8) is 0 Å². The number of aryl methyl sites for hydroxylation is 2. The fraction of sp³-hybridized carbons (Fsp3) is 0.355. The highest BCUT2D eigenvalue weighted by Crippen LogP contribution is 2.21. The highest BCUT2D eigenvalue weighted by molar-refractivity contribution is 5.89. The molecule has 2 amide bonds. The summed E-state index contributed by atoms with van der Waals surface area (Å²) in [6.45, 7) is 4.25. The van der Waals surface area contributed by atoms with Crippen LogP contribution in [0.2, 0.25) is 0 Å². The number of rotatable bonds is 9. The Bertz CT molecular complexity index is 1170. The second-order valence-electron chi connectivity index (χ2n) is 9.95. The summed E-state index contributed by atoms with van der Waals surface area (Å²) in [7, 11) is 0. The molecular formula is C31H35FN2O2. The summed E-state index contributed by atoms with van der Waals surface area (Å²) in [5, 5.41) is 3.22. The highest BCUT2D eigenvalue weighted by atomic mass is 19.1. The van der Waals surface area contributed by atoms with Crippen LogP contribution in [0.1, 0.15) is 53.5 Å². The van der Waals surface area contributed by atoms with E-state index >= 15 is 0 Å². The first-order valence-electron chi connectivity index (χ1n) is 12.8. The minimum Gasteiger partial charge on any atom is -0.352 e. The summed E-state index contributed by atoms with van der Waals surface area (Å²) in [5.41, 5.74) is 4.88. The van der Waals surface area contributed by atoms with Gasteiger partial charge < -0.3 is 10.2 Å². The molecule has 3 aromatic rings. The van der Waals surface area contributed by atoms with Gasteiger partial charge in [0.25, 0.3) is 0 Å². The molecule has 1 fully saturated rings. The van der Waals surface area contributed by atoms with Crippen LogP contribution in [-0.4, -0.2) is 28.8 Å². The average molecular weight is 487 g/mol. The Morgan fingerprint density at radius 3 is 2.33 bits per heavy atom. The minimum atomic E-state index is -0.671. The zero-order valence-electron chi connectivity index (χ0n) is 21.2. The van der Waals surface area contributed by atoms with Gasteiger partial charge >= 0.3 is 0 Å². The quantitative estimate of drug-likeness (QED) is 0.423. The predicted octanol–water partition coefficient (Wildman–Crippen LogP) is 5.68. The monoisotopic (exact) mass is 486 g/mol. The molecule has 0 spiro atoms. The van der Waals surface area contributed by atoms with Gasteiger partial charge in [0.2, 0.25) is 11.8 Å². The molecule has 0 radical (unpaired) electrons. The number of benzene rings is 3. The molecule has 0 aromatic heterocycles. The molecule has 0 aliphatic heterocycles. The van der Waals surface area contributed by atoms with E-state index in [2.05, 4.69) is 5.32 Å². The van der Waals surface area contributed by atoms with E-state index in [0.717, 1.165) is 53.5 Å². The zero-order chi connectivity index (χ0) is 25.5. The van der Waals surface area contributed by atoms with Crippen molar-refractivity contribution in [1.82, 2.24) is 10.2 Å². The van der Waals surface area contributed by atoms with Crippen LogP contribution in [0.4, 0.5) is 4.39 Å². The lowest BCUT2D eigenvalue weighted by Crippen LogP contribution is -2.52. The van der Waals surface area contributed by atoms with Crippen molar-refractivity contribution >= 4 is 11.8 Å². The summed E-state index contributed by atoms with van der Waals surface area (Å²) in [4.78, 5) is 29.3. The highest BCUT2D eigenvalue weighted by Gasteiger charge is 2.32. The van der Waals surface area contributed by atoms with Crippen LogP contribution >= 0.6 is 0 Å². The Morgan fingerprint density at radius 2 is 1.64 bits per heavy atom. The first-order valence-corrected chi connectivity index (χ1v) is 12.8. The normalized spacial score (nSPS) is 14.4. The van der Waals surface area contributed by atoms with Gasteiger partial charge in [-0.05, 0) is 61.1 Å². The van der Waals surface area contributed by atoms with E-state index in [1.165, 1.54) is 12.1 Å². The molecule has 4 rings (SSSR count). The number of nitrogens with zero attached hydrogens (tertiary/aromatic N) is 1. The van der Waals surface area contributed by atoms with Crippen molar-refractivity contribution < 1.29 is 14.0 Å². The van der Waals surface area contributed by atoms with Gasteiger partial charge in [0.1, 0.15) is 11.9 Å². The summed E-state index contributed by atoms with van der Waals surface area (Å²) in [6.07, 6.45) is 4.78. The number of hydrogen-bond acceptors (Lipinski definition) is 2. The molecule has 3 aromatic carbocycles. The van der Waals surface area contributed by atoms with E-state index < -0.39 is 6.04 Å². The Labute approximate surface area is 213 Å². The predicted molar refractivity (Wildman–Crippen MR) is 141 cm³/mol. The molecule has 0 heterocycles. The van der Waals surface area contributed by atoms with Gasteiger partial charge in [-0.3, -0.25) is 9.59 Å². The number of carbonyl (C=O) groups excluding carboxylic acids is 2. The zero-order valence-corrected chi connectivity index (χ0v) is 21.2. The van der Waals surface area contributed by atoms with Gasteiger partial charge in [0.15, 0.2) is 0 Å². The molecule has 36 heavy (non-hydrogen) atoms. The van der Waals surface area contributed by atoms with Gasteiger partial charge in [-0.2, -0.15) is 0 Å². The van der Waals surface area contributed by atoms with Crippen molar-refractivity contribution in [2.45, 2.75) is 71.0 Å². The van der Waals surface area contributed by atoms with Crippen molar-refractivity contribution in [1.29, 1.82) is 0 Å². The lowest BCUT2D eigenvalue weighted by molar-refractivity contribution is -0.141. The van der Waals surface area contributed by atoms with Crippen LogP contribution in [0.25, 0.3) is 0 Å². The molecule has 1 saturated carbocycles. The third-order valence-electron chi connectivity index (χ3n) is 7.09. The van der Waals surface area contributed by atoms with Crippen molar-refractivity contribution in [2.24, 2.45) is 0 Å². The summed E-state index contributed by atoms with van der Waals surface area (Å²) >= 11 is 0. The van der Waals surface area contributed by atoms with E-state index in [1.807, 2.05) is 62.4 Å². The standard InChI is InChI=1S/C31H35FN2O2/c1-22-12-13-23(2)26(18-22)20-30(35)34(21-25-14-16-27(32)17-15-25)29(19-24-8-4-3-5-9-24)31(36)33-28-10-6-7-11-28/h3-5,8-9,12-18,28-29H,6-7,10-11,19-21H2,1-2H3,(H,33,36)/t29-/m1/s1. The van der Waals surface area contributed by atoms with E-state index in [4.69, 9.17) is 0 Å². The van der Waals surface area contributed by atoms with Crippen LogP contribution in [0.15, 0.2) is 72.8 Å². The largest absolute Gasteiger partial charge is 0.352 e. The molecule has 1 aliphatic rings. The van der Waals surface area contributed by atoms with Crippen molar-refractivity contribution in [3.05, 3.63) is 106 Å². The Kier molecular flexibility index (Phi) is 8.52. The molecule has 188 valence electrons. The topological polar surface area (TPSA) is 49.4 Å². The third kappa shape index (κ3) is 6.81. The first kappa shape index (κ1) is 25.6. The molecule has 0 saturated heterocycles. The van der Waals surface area contributed by atoms with Gasteiger partial charge in [-0.15, -0.1) is 0 Å². The number of nitrogens with one attached hydrogen (secondary N) is 1. The maximum Gasteiger partial charge on any atom is 0.243 e. The lowest BCUT2D eigenvalue weighted by Gasteiger charge is -2.32. The molecule has 1 N–H and O–H groups in total. The molecule has 1 aliphatic carbocycles. The maximum atomic E-state index is 13.9. The first-order chi connectivity index (χ1) is 17.4. The van der Waals surface area contributed by atoms with Gasteiger partial charge in [-0.25, -0.2) is 4.39 Å². The van der Waals surface area contributed by atoms with E-state index in [1.54, 1.807) is 17.0 Å². The molecular weight excluding hydrogens is 451 g/mol. The molecule has 4 nitrogen and oxygen atoms in total. The summed E-state index contributed by atoms with van der Waals surface area (Å²) < 4.78 is 13.6. The fourth-order valence-electron chi connectivity index (χ4n) is 4.96. The third-order valence-corrected chi connectivity index (χ3v) is 7.09. The van der Waals surface area contributed by atoms with Crippen molar-refractivity contribution in [3.8, 4) is 0 Å². The maximum absolute atomic E-state index is 13.9. The van der Waals surface area contributed by atoms with Crippen molar-refractivity contribution in [2.75, 3.05) is 0 Å². The fourth-order valence-corrected chi connectivity index (χ4v) is 4.96. The summed E-state index contributed by atoms with van der Waals surface area (Å²) in [5.74, 6) is -0.565. The smallest absolute Gasteiger partial charge is 0.243 e. The number of hydrogen-bond donors (Lipinski definition) is 1.